The molecule has 0 aliphatic rings. The van der Waals surface area contributed by atoms with Crippen LogP contribution in [0.4, 0.5) is 10.8 Å². The molecule has 0 bridgehead atoms. The van der Waals surface area contributed by atoms with Crippen LogP contribution < -0.4 is 9.88 Å². The molecule has 3 rings (SSSR count). The molecular weight excluding hydrogens is 316 g/mol. The minimum atomic E-state index is 0.266. The molecule has 0 saturated carbocycles. The van der Waals surface area contributed by atoms with Crippen molar-refractivity contribution in [2.75, 3.05) is 5.32 Å². The van der Waals surface area contributed by atoms with Crippen molar-refractivity contribution in [2.45, 2.75) is 13.5 Å². The van der Waals surface area contributed by atoms with Gasteiger partial charge in [0.05, 0.1) is 6.54 Å². The molecule has 3 aromatic rings. The molecule has 0 fully saturated rings. The zero-order valence-electron chi connectivity index (χ0n) is 12.1. The first-order chi connectivity index (χ1) is 10.7. The highest BCUT2D eigenvalue weighted by Crippen LogP contribution is 2.27. The van der Waals surface area contributed by atoms with E-state index in [4.69, 9.17) is 11.6 Å². The van der Waals surface area contributed by atoms with Crippen LogP contribution in [-0.2, 0) is 6.54 Å². The van der Waals surface area contributed by atoms with E-state index < -0.39 is 0 Å². The monoisotopic (exact) mass is 331 g/mol. The van der Waals surface area contributed by atoms with Crippen LogP contribution in [0.2, 0.25) is 5.02 Å². The van der Waals surface area contributed by atoms with Gasteiger partial charge in [0.1, 0.15) is 17.1 Å². The fraction of sp³-hybridized carbons (Fsp3) is 0.118. The molecule has 0 atom stereocenters. The molecule has 1 heterocycles. The molecular formula is C17H16ClN2OS+. The Balaban J connectivity index is 1.93. The molecule has 0 radical (unpaired) electrons. The van der Waals surface area contributed by atoms with Crippen molar-refractivity contribution in [1.29, 1.82) is 0 Å². The van der Waals surface area contributed by atoms with Crippen LogP contribution in [0.25, 0.3) is 11.3 Å². The zero-order chi connectivity index (χ0) is 15.5. The highest BCUT2D eigenvalue weighted by molar-refractivity contribution is 7.13. The predicted octanol–water partition coefficient (Wildman–Crippen LogP) is 4.83. The minimum absolute atomic E-state index is 0.266. The van der Waals surface area contributed by atoms with Gasteiger partial charge < -0.3 is 5.11 Å². The van der Waals surface area contributed by atoms with Gasteiger partial charge in [-0.25, -0.2) is 9.88 Å². The molecule has 22 heavy (non-hydrogen) atoms. The Morgan fingerprint density at radius 2 is 1.77 bits per heavy atom. The summed E-state index contributed by atoms with van der Waals surface area (Å²) in [7, 11) is 0. The van der Waals surface area contributed by atoms with Gasteiger partial charge in [0.15, 0.2) is 0 Å². The maximum Gasteiger partial charge on any atom is 0.339 e. The van der Waals surface area contributed by atoms with E-state index in [0.29, 0.717) is 0 Å². The lowest BCUT2D eigenvalue weighted by Crippen LogP contribution is -2.34. The molecule has 112 valence electrons. The molecule has 0 aliphatic carbocycles. The third kappa shape index (κ3) is 3.08. The van der Waals surface area contributed by atoms with E-state index in [1.54, 1.807) is 23.5 Å². The molecule has 0 spiro atoms. The first kappa shape index (κ1) is 14.9. The number of nitrogens with zero attached hydrogens (tertiary/aromatic N) is 1. The number of aromatic hydroxyl groups is 1. The Morgan fingerprint density at radius 3 is 2.41 bits per heavy atom. The van der Waals surface area contributed by atoms with Crippen molar-refractivity contribution < 1.29 is 9.67 Å². The van der Waals surface area contributed by atoms with Gasteiger partial charge >= 0.3 is 5.13 Å². The first-order valence-electron chi connectivity index (χ1n) is 7.00. The van der Waals surface area contributed by atoms with Gasteiger partial charge in [-0.05, 0) is 55.5 Å². The fourth-order valence-electron chi connectivity index (χ4n) is 2.27. The summed E-state index contributed by atoms with van der Waals surface area (Å²) in [6.45, 7) is 2.98. The van der Waals surface area contributed by atoms with Crippen molar-refractivity contribution in [3.05, 3.63) is 58.9 Å². The van der Waals surface area contributed by atoms with E-state index in [1.165, 1.54) is 0 Å². The van der Waals surface area contributed by atoms with Gasteiger partial charge in [-0.3, -0.25) is 0 Å². The molecule has 5 heteroatoms. The largest absolute Gasteiger partial charge is 0.508 e. The van der Waals surface area contributed by atoms with Crippen LogP contribution >= 0.6 is 22.9 Å². The van der Waals surface area contributed by atoms with Gasteiger partial charge in [-0.15, -0.1) is 0 Å². The van der Waals surface area contributed by atoms with Crippen molar-refractivity contribution in [1.82, 2.24) is 0 Å². The lowest BCUT2D eigenvalue weighted by molar-refractivity contribution is -0.664. The van der Waals surface area contributed by atoms with Crippen molar-refractivity contribution in [3.63, 3.8) is 0 Å². The first-order valence-corrected chi connectivity index (χ1v) is 8.26. The standard InChI is InChI=1S/C17H15ClN2OS/c1-2-20-16(12-3-5-13(18)6-4-12)11-22-17(20)19-14-7-9-15(21)10-8-14/h3-11,21H,2H2,1H3/p+1. The number of phenols is 1. The van der Waals surface area contributed by atoms with Crippen LogP contribution in [0.1, 0.15) is 6.92 Å². The number of thiazole rings is 1. The Kier molecular flexibility index (Phi) is 4.32. The Morgan fingerprint density at radius 1 is 1.09 bits per heavy atom. The van der Waals surface area contributed by atoms with Crippen molar-refractivity contribution in [2.24, 2.45) is 0 Å². The summed E-state index contributed by atoms with van der Waals surface area (Å²) in [4.78, 5) is 0. The van der Waals surface area contributed by atoms with Gasteiger partial charge in [-0.2, -0.15) is 0 Å². The number of halogens is 1. The van der Waals surface area contributed by atoms with Gasteiger partial charge in [0, 0.05) is 16.0 Å². The maximum absolute atomic E-state index is 9.36. The number of benzene rings is 2. The molecule has 0 unspecified atom stereocenters. The summed E-state index contributed by atoms with van der Waals surface area (Å²) in [5.41, 5.74) is 3.25. The molecule has 2 aromatic carbocycles. The minimum Gasteiger partial charge on any atom is -0.508 e. The number of rotatable bonds is 4. The quantitative estimate of drug-likeness (QED) is 0.531. The number of anilines is 2. The van der Waals surface area contributed by atoms with E-state index in [2.05, 4.69) is 22.2 Å². The summed E-state index contributed by atoms with van der Waals surface area (Å²) in [5.74, 6) is 0.266. The average Bonchev–Trinajstić information content (AvgIpc) is 2.93. The van der Waals surface area contributed by atoms with Crippen molar-refractivity contribution >= 4 is 33.8 Å². The van der Waals surface area contributed by atoms with Gasteiger partial charge in [-0.1, -0.05) is 22.9 Å². The van der Waals surface area contributed by atoms with E-state index in [0.717, 1.165) is 33.6 Å². The number of nitrogens with one attached hydrogen (secondary N) is 1. The SMILES string of the molecule is CC[n+]1c(-c2ccc(Cl)cc2)csc1Nc1ccc(O)cc1. The number of aromatic nitrogens is 1. The van der Waals surface area contributed by atoms with E-state index in [9.17, 15) is 5.11 Å². The van der Waals surface area contributed by atoms with Gasteiger partial charge in [0.25, 0.3) is 0 Å². The van der Waals surface area contributed by atoms with E-state index >= 15 is 0 Å². The highest BCUT2D eigenvalue weighted by atomic mass is 35.5. The predicted molar refractivity (Wildman–Crippen MR) is 92.0 cm³/mol. The lowest BCUT2D eigenvalue weighted by Gasteiger charge is -2.04. The summed E-state index contributed by atoms with van der Waals surface area (Å²) >= 11 is 7.62. The summed E-state index contributed by atoms with van der Waals surface area (Å²) in [6, 6.07) is 14.9. The maximum atomic E-state index is 9.36. The fourth-order valence-corrected chi connectivity index (χ4v) is 3.42. The Bertz CT molecular complexity index is 766. The van der Waals surface area contributed by atoms with Crippen LogP contribution in [-0.4, -0.2) is 5.11 Å². The number of phenolic OH excluding ortho intramolecular Hbond substituents is 1. The smallest absolute Gasteiger partial charge is 0.339 e. The Hall–Kier alpha value is -2.04. The number of hydrogen-bond donors (Lipinski definition) is 2. The van der Waals surface area contributed by atoms with Crippen LogP contribution in [0.15, 0.2) is 53.9 Å². The second-order valence-electron chi connectivity index (χ2n) is 4.85. The van der Waals surface area contributed by atoms with E-state index in [-0.39, 0.29) is 5.75 Å². The lowest BCUT2D eigenvalue weighted by atomic mass is 10.2. The molecule has 2 N–H and O–H groups in total. The van der Waals surface area contributed by atoms with E-state index in [1.807, 2.05) is 36.4 Å². The second kappa shape index (κ2) is 6.38. The third-order valence-corrected chi connectivity index (χ3v) is 4.53. The number of hydrogen-bond acceptors (Lipinski definition) is 3. The summed E-state index contributed by atoms with van der Waals surface area (Å²) < 4.78 is 2.22. The average molecular weight is 332 g/mol. The molecule has 0 amide bonds. The topological polar surface area (TPSA) is 36.1 Å². The molecule has 3 nitrogen and oxygen atoms in total. The molecule has 0 aliphatic heterocycles. The second-order valence-corrected chi connectivity index (χ2v) is 6.14. The Labute approximate surface area is 138 Å². The van der Waals surface area contributed by atoms with Crippen molar-refractivity contribution in [3.8, 4) is 17.0 Å². The third-order valence-electron chi connectivity index (χ3n) is 3.39. The molecule has 0 saturated heterocycles. The highest BCUT2D eigenvalue weighted by Gasteiger charge is 2.18. The molecule has 1 aromatic heterocycles. The van der Waals surface area contributed by atoms with Crippen LogP contribution in [0.5, 0.6) is 5.75 Å². The normalized spacial score (nSPS) is 10.6. The zero-order valence-corrected chi connectivity index (χ0v) is 13.7. The summed E-state index contributed by atoms with van der Waals surface area (Å²) in [6.07, 6.45) is 0. The van der Waals surface area contributed by atoms with Crippen LogP contribution in [0, 0.1) is 0 Å². The summed E-state index contributed by atoms with van der Waals surface area (Å²) in [5, 5.41) is 16.7. The van der Waals surface area contributed by atoms with Crippen LogP contribution in [0.3, 0.4) is 0 Å². The van der Waals surface area contributed by atoms with Gasteiger partial charge in [0.2, 0.25) is 0 Å².